The second kappa shape index (κ2) is 4.11. The zero-order valence-electron chi connectivity index (χ0n) is 7.79. The van der Waals surface area contributed by atoms with Crippen LogP contribution in [-0.4, -0.2) is 31.2 Å². The molecule has 2 atom stereocenters. The van der Waals surface area contributed by atoms with E-state index >= 15 is 0 Å². The van der Waals surface area contributed by atoms with Crippen molar-refractivity contribution in [1.82, 2.24) is 10.6 Å². The van der Waals surface area contributed by atoms with Gasteiger partial charge in [-0.05, 0) is 6.92 Å². The van der Waals surface area contributed by atoms with E-state index in [-0.39, 0.29) is 11.8 Å². The first kappa shape index (κ1) is 9.83. The van der Waals surface area contributed by atoms with Gasteiger partial charge in [0.1, 0.15) is 6.04 Å². The van der Waals surface area contributed by atoms with Crippen molar-refractivity contribution in [2.24, 2.45) is 5.92 Å². The number of rotatable bonds is 2. The minimum Gasteiger partial charge on any atom is -0.450 e. The highest BCUT2D eigenvalue weighted by atomic mass is 16.5. The molecule has 0 aromatic carbocycles. The van der Waals surface area contributed by atoms with Crippen molar-refractivity contribution in [2.75, 3.05) is 13.2 Å². The van der Waals surface area contributed by atoms with Crippen LogP contribution in [0.2, 0.25) is 0 Å². The van der Waals surface area contributed by atoms with E-state index in [1.807, 2.05) is 6.92 Å². The summed E-state index contributed by atoms with van der Waals surface area (Å²) in [5, 5.41) is 5.16. The van der Waals surface area contributed by atoms with Gasteiger partial charge in [0.15, 0.2) is 0 Å². The molecule has 0 saturated carbocycles. The van der Waals surface area contributed by atoms with Gasteiger partial charge in [-0.2, -0.15) is 0 Å². The van der Waals surface area contributed by atoms with Crippen LogP contribution in [0.5, 0.6) is 0 Å². The van der Waals surface area contributed by atoms with Crippen LogP contribution in [-0.2, 0) is 9.53 Å². The summed E-state index contributed by atoms with van der Waals surface area (Å²) in [6, 6.07) is -0.445. The molecule has 0 bridgehead atoms. The van der Waals surface area contributed by atoms with Crippen LogP contribution >= 0.6 is 0 Å². The molecule has 5 nitrogen and oxygen atoms in total. The summed E-state index contributed by atoms with van der Waals surface area (Å²) in [4.78, 5) is 22.1. The normalized spacial score (nSPS) is 26.8. The second-order valence-corrected chi connectivity index (χ2v) is 3.06. The highest BCUT2D eigenvalue weighted by molar-refractivity contribution is 5.87. The van der Waals surface area contributed by atoms with Gasteiger partial charge in [0.2, 0.25) is 5.91 Å². The fourth-order valence-electron chi connectivity index (χ4n) is 1.26. The number of ether oxygens (including phenoxy) is 1. The van der Waals surface area contributed by atoms with E-state index in [4.69, 9.17) is 0 Å². The molecule has 5 heteroatoms. The molecule has 0 aromatic rings. The standard InChI is InChI=1S/C8H14N2O3/c1-3-13-8(12)10-6-5(2)4-9-7(6)11/h5-6H,3-4H2,1-2H3,(H,9,11)(H,10,12)/t5-,6?/m1/s1. The number of amides is 2. The predicted octanol–water partition coefficient (Wildman–Crippen LogP) is -0.133. The van der Waals surface area contributed by atoms with Crippen molar-refractivity contribution in [1.29, 1.82) is 0 Å². The monoisotopic (exact) mass is 186 g/mol. The summed E-state index contributed by atoms with van der Waals surface area (Å²) in [7, 11) is 0. The van der Waals surface area contributed by atoms with Crippen LogP contribution in [0.1, 0.15) is 13.8 Å². The highest BCUT2D eigenvalue weighted by Crippen LogP contribution is 2.08. The molecule has 1 aliphatic heterocycles. The maximum absolute atomic E-state index is 11.1. The van der Waals surface area contributed by atoms with Crippen LogP contribution in [0.3, 0.4) is 0 Å². The molecular formula is C8H14N2O3. The smallest absolute Gasteiger partial charge is 0.407 e. The van der Waals surface area contributed by atoms with Gasteiger partial charge in [0.25, 0.3) is 0 Å². The maximum atomic E-state index is 11.1. The van der Waals surface area contributed by atoms with E-state index in [1.165, 1.54) is 0 Å². The van der Waals surface area contributed by atoms with Crippen molar-refractivity contribution in [3.63, 3.8) is 0 Å². The van der Waals surface area contributed by atoms with E-state index < -0.39 is 12.1 Å². The van der Waals surface area contributed by atoms with Gasteiger partial charge in [-0.15, -0.1) is 0 Å². The average Bonchev–Trinajstić information content (AvgIpc) is 2.36. The zero-order valence-corrected chi connectivity index (χ0v) is 7.79. The third-order valence-electron chi connectivity index (χ3n) is 2.00. The third-order valence-corrected chi connectivity index (χ3v) is 2.00. The molecule has 0 radical (unpaired) electrons. The maximum Gasteiger partial charge on any atom is 0.407 e. The largest absolute Gasteiger partial charge is 0.450 e. The lowest BCUT2D eigenvalue weighted by molar-refractivity contribution is -0.121. The molecule has 1 rings (SSSR count). The molecular weight excluding hydrogens is 172 g/mol. The average molecular weight is 186 g/mol. The van der Waals surface area contributed by atoms with Crippen molar-refractivity contribution in [3.05, 3.63) is 0 Å². The fraction of sp³-hybridized carbons (Fsp3) is 0.750. The summed E-state index contributed by atoms with van der Waals surface area (Å²) in [5.74, 6) is -0.0162. The molecule has 1 aliphatic rings. The van der Waals surface area contributed by atoms with E-state index in [0.29, 0.717) is 13.2 Å². The SMILES string of the molecule is CCOC(=O)NC1C(=O)NC[C@H]1C. The summed E-state index contributed by atoms with van der Waals surface area (Å²) < 4.78 is 4.67. The number of nitrogens with one attached hydrogen (secondary N) is 2. The summed E-state index contributed by atoms with van der Waals surface area (Å²) in [5.41, 5.74) is 0. The molecule has 1 heterocycles. The molecule has 1 fully saturated rings. The Hall–Kier alpha value is -1.26. The lowest BCUT2D eigenvalue weighted by Crippen LogP contribution is -2.43. The Morgan fingerprint density at radius 2 is 2.46 bits per heavy atom. The first-order valence-electron chi connectivity index (χ1n) is 4.36. The number of alkyl carbamates (subject to hydrolysis) is 1. The van der Waals surface area contributed by atoms with Gasteiger partial charge in [-0.25, -0.2) is 4.79 Å². The molecule has 2 amide bonds. The first-order chi connectivity index (χ1) is 6.15. The Morgan fingerprint density at radius 1 is 1.77 bits per heavy atom. The van der Waals surface area contributed by atoms with Crippen LogP contribution in [0.25, 0.3) is 0 Å². The molecule has 0 aromatic heterocycles. The number of carbonyl (C=O) groups excluding carboxylic acids is 2. The zero-order chi connectivity index (χ0) is 9.84. The van der Waals surface area contributed by atoms with E-state index in [9.17, 15) is 9.59 Å². The predicted molar refractivity (Wildman–Crippen MR) is 46.1 cm³/mol. The topological polar surface area (TPSA) is 67.4 Å². The van der Waals surface area contributed by atoms with Gasteiger partial charge in [0.05, 0.1) is 6.61 Å². The molecule has 2 N–H and O–H groups in total. The van der Waals surface area contributed by atoms with Gasteiger partial charge >= 0.3 is 6.09 Å². The molecule has 0 aliphatic carbocycles. The summed E-state index contributed by atoms with van der Waals surface area (Å²) in [6.45, 7) is 4.54. The van der Waals surface area contributed by atoms with Crippen LogP contribution in [0, 0.1) is 5.92 Å². The lowest BCUT2D eigenvalue weighted by Gasteiger charge is -2.13. The van der Waals surface area contributed by atoms with Crippen LogP contribution < -0.4 is 10.6 Å². The first-order valence-corrected chi connectivity index (χ1v) is 4.36. The molecule has 0 spiro atoms. The lowest BCUT2D eigenvalue weighted by atomic mass is 10.1. The molecule has 1 saturated heterocycles. The third kappa shape index (κ3) is 2.34. The van der Waals surface area contributed by atoms with Crippen molar-refractivity contribution in [2.45, 2.75) is 19.9 Å². The van der Waals surface area contributed by atoms with Gasteiger partial charge in [-0.3, -0.25) is 4.79 Å². The van der Waals surface area contributed by atoms with Gasteiger partial charge < -0.3 is 15.4 Å². The van der Waals surface area contributed by atoms with Gasteiger partial charge in [0, 0.05) is 12.5 Å². The van der Waals surface area contributed by atoms with Crippen molar-refractivity contribution < 1.29 is 14.3 Å². The number of carbonyl (C=O) groups is 2. The Kier molecular flexibility index (Phi) is 3.11. The van der Waals surface area contributed by atoms with Crippen molar-refractivity contribution >= 4 is 12.0 Å². The number of hydrogen-bond donors (Lipinski definition) is 2. The Labute approximate surface area is 76.8 Å². The fourth-order valence-corrected chi connectivity index (χ4v) is 1.26. The minimum atomic E-state index is -0.531. The summed E-state index contributed by atoms with van der Waals surface area (Å²) in [6.07, 6.45) is -0.531. The van der Waals surface area contributed by atoms with Crippen molar-refractivity contribution in [3.8, 4) is 0 Å². The van der Waals surface area contributed by atoms with E-state index in [1.54, 1.807) is 6.92 Å². The van der Waals surface area contributed by atoms with E-state index in [0.717, 1.165) is 0 Å². The Bertz CT molecular complexity index is 217. The molecule has 1 unspecified atom stereocenters. The molecule has 74 valence electrons. The van der Waals surface area contributed by atoms with Crippen LogP contribution in [0.15, 0.2) is 0 Å². The van der Waals surface area contributed by atoms with Gasteiger partial charge in [-0.1, -0.05) is 6.92 Å². The molecule has 13 heavy (non-hydrogen) atoms. The Balaban J connectivity index is 2.43. The number of hydrogen-bond acceptors (Lipinski definition) is 3. The quantitative estimate of drug-likeness (QED) is 0.631. The summed E-state index contributed by atoms with van der Waals surface area (Å²) >= 11 is 0. The van der Waals surface area contributed by atoms with E-state index in [2.05, 4.69) is 15.4 Å². The van der Waals surface area contributed by atoms with Crippen LogP contribution in [0.4, 0.5) is 4.79 Å². The second-order valence-electron chi connectivity index (χ2n) is 3.06. The minimum absolute atomic E-state index is 0.122. The Morgan fingerprint density at radius 3 is 2.92 bits per heavy atom. The highest BCUT2D eigenvalue weighted by Gasteiger charge is 2.32.